The van der Waals surface area contributed by atoms with Gasteiger partial charge >= 0.3 is 0 Å². The number of ether oxygens (including phenoxy) is 2. The van der Waals surface area contributed by atoms with Crippen LogP contribution in [0.25, 0.3) is 0 Å². The molecule has 178 valence electrons. The maximum atomic E-state index is 13.7. The Kier molecular flexibility index (Phi) is 7.04. The van der Waals surface area contributed by atoms with Crippen molar-refractivity contribution < 1.29 is 22.7 Å². The molecule has 0 spiro atoms. The second kappa shape index (κ2) is 9.80. The lowest BCUT2D eigenvalue weighted by Gasteiger charge is -2.34. The predicted molar refractivity (Wildman–Crippen MR) is 124 cm³/mol. The minimum atomic E-state index is -3.83. The molecule has 33 heavy (non-hydrogen) atoms. The fraction of sp³-hybridized carbons (Fsp3) is 0.458. The van der Waals surface area contributed by atoms with Gasteiger partial charge in [0.25, 0.3) is 0 Å². The molecule has 2 atom stereocenters. The number of hydrogen-bond donors (Lipinski definition) is 0. The molecule has 2 aliphatic heterocycles. The lowest BCUT2D eigenvalue weighted by Crippen LogP contribution is -2.47. The zero-order valence-electron chi connectivity index (χ0n) is 19.3. The van der Waals surface area contributed by atoms with E-state index >= 15 is 0 Å². The van der Waals surface area contributed by atoms with E-state index in [0.717, 1.165) is 11.1 Å². The molecule has 2 aliphatic rings. The summed E-state index contributed by atoms with van der Waals surface area (Å²) in [7, 11) is -2.24. The van der Waals surface area contributed by atoms with E-state index in [1.165, 1.54) is 4.31 Å². The van der Waals surface area contributed by atoms with Gasteiger partial charge in [0, 0.05) is 25.7 Å². The SMILES string of the molecule is COc1ccc([C@@H]2N(C(=O)CN3CCOCC3)[C@H](C)CN2S(=O)(=O)c2ccc(C)cc2)cc1. The van der Waals surface area contributed by atoms with Gasteiger partial charge in [0.15, 0.2) is 0 Å². The maximum absolute atomic E-state index is 13.7. The van der Waals surface area contributed by atoms with Crippen molar-refractivity contribution in [3.8, 4) is 5.75 Å². The number of hydrogen-bond acceptors (Lipinski definition) is 6. The van der Waals surface area contributed by atoms with Gasteiger partial charge in [-0.05, 0) is 43.7 Å². The van der Waals surface area contributed by atoms with Crippen molar-refractivity contribution in [1.82, 2.24) is 14.1 Å². The average molecular weight is 474 g/mol. The van der Waals surface area contributed by atoms with E-state index in [0.29, 0.717) is 32.1 Å². The van der Waals surface area contributed by atoms with Gasteiger partial charge in [-0.1, -0.05) is 29.8 Å². The number of methoxy groups -OCH3 is 1. The summed E-state index contributed by atoms with van der Waals surface area (Å²) in [6.07, 6.45) is -0.731. The Hall–Kier alpha value is -2.46. The van der Waals surface area contributed by atoms with Crippen LogP contribution in [0.15, 0.2) is 53.4 Å². The first-order valence-corrected chi connectivity index (χ1v) is 12.6. The smallest absolute Gasteiger partial charge is 0.245 e. The van der Waals surface area contributed by atoms with Crippen LogP contribution in [0, 0.1) is 6.92 Å². The minimum absolute atomic E-state index is 0.0909. The molecular weight excluding hydrogens is 442 g/mol. The zero-order chi connectivity index (χ0) is 23.6. The lowest BCUT2D eigenvalue weighted by molar-refractivity contribution is -0.137. The quantitative estimate of drug-likeness (QED) is 0.640. The second-order valence-electron chi connectivity index (χ2n) is 8.57. The Morgan fingerprint density at radius 1 is 1.06 bits per heavy atom. The van der Waals surface area contributed by atoms with Crippen molar-refractivity contribution in [2.75, 3.05) is 46.5 Å². The number of rotatable bonds is 6. The summed E-state index contributed by atoms with van der Waals surface area (Å²) >= 11 is 0. The molecule has 2 heterocycles. The van der Waals surface area contributed by atoms with Crippen molar-refractivity contribution >= 4 is 15.9 Å². The Morgan fingerprint density at radius 2 is 1.70 bits per heavy atom. The predicted octanol–water partition coefficient (Wildman–Crippen LogP) is 2.26. The van der Waals surface area contributed by atoms with Crippen molar-refractivity contribution in [2.45, 2.75) is 31.0 Å². The highest BCUT2D eigenvalue weighted by molar-refractivity contribution is 7.89. The molecule has 2 fully saturated rings. The molecule has 2 aromatic rings. The molecule has 0 radical (unpaired) electrons. The highest BCUT2D eigenvalue weighted by Gasteiger charge is 2.47. The second-order valence-corrected chi connectivity index (χ2v) is 10.5. The molecule has 0 N–H and O–H groups in total. The summed E-state index contributed by atoms with van der Waals surface area (Å²) in [4.78, 5) is 17.5. The van der Waals surface area contributed by atoms with Crippen LogP contribution in [-0.4, -0.2) is 81.0 Å². The first-order valence-electron chi connectivity index (χ1n) is 11.1. The van der Waals surface area contributed by atoms with Gasteiger partial charge in [0.2, 0.25) is 15.9 Å². The summed E-state index contributed by atoms with van der Waals surface area (Å²) in [5.41, 5.74) is 1.71. The van der Waals surface area contributed by atoms with Gasteiger partial charge in [-0.15, -0.1) is 0 Å². The van der Waals surface area contributed by atoms with Crippen molar-refractivity contribution in [3.63, 3.8) is 0 Å². The number of benzene rings is 2. The van der Waals surface area contributed by atoms with Gasteiger partial charge in [0.05, 0.1) is 31.8 Å². The summed E-state index contributed by atoms with van der Waals surface area (Å²) in [6, 6.07) is 13.8. The molecule has 0 bridgehead atoms. The van der Waals surface area contributed by atoms with E-state index < -0.39 is 16.2 Å². The zero-order valence-corrected chi connectivity index (χ0v) is 20.1. The molecule has 0 saturated carbocycles. The fourth-order valence-corrected chi connectivity index (χ4v) is 6.07. The number of aryl methyl sites for hydroxylation is 1. The first-order chi connectivity index (χ1) is 15.8. The molecule has 8 nitrogen and oxygen atoms in total. The molecule has 2 aromatic carbocycles. The largest absolute Gasteiger partial charge is 0.497 e. The van der Waals surface area contributed by atoms with Crippen molar-refractivity contribution in [2.24, 2.45) is 0 Å². The molecule has 2 saturated heterocycles. The highest BCUT2D eigenvalue weighted by Crippen LogP contribution is 2.38. The molecule has 0 aliphatic carbocycles. The van der Waals surface area contributed by atoms with Crippen LogP contribution in [0.3, 0.4) is 0 Å². The third-order valence-corrected chi connectivity index (χ3v) is 8.08. The van der Waals surface area contributed by atoms with E-state index in [-0.39, 0.29) is 29.9 Å². The number of carbonyl (C=O) groups is 1. The third kappa shape index (κ3) is 4.91. The van der Waals surface area contributed by atoms with Crippen LogP contribution in [0.4, 0.5) is 0 Å². The van der Waals surface area contributed by atoms with E-state index in [1.807, 2.05) is 26.0 Å². The Bertz CT molecular complexity index is 1070. The Balaban J connectivity index is 1.70. The molecule has 4 rings (SSSR count). The van der Waals surface area contributed by atoms with Crippen molar-refractivity contribution in [3.05, 3.63) is 59.7 Å². The normalized spacial score (nSPS) is 22.5. The molecular formula is C24H31N3O5S. The third-order valence-electron chi connectivity index (χ3n) is 6.25. The Morgan fingerprint density at radius 3 is 2.30 bits per heavy atom. The Labute approximate surface area is 195 Å². The number of nitrogens with zero attached hydrogens (tertiary/aromatic N) is 3. The molecule has 0 unspecified atom stereocenters. The summed E-state index contributed by atoms with van der Waals surface area (Å²) in [5.74, 6) is 0.579. The van der Waals surface area contributed by atoms with Crippen molar-refractivity contribution in [1.29, 1.82) is 0 Å². The lowest BCUT2D eigenvalue weighted by atomic mass is 10.1. The van der Waals surface area contributed by atoms with E-state index in [4.69, 9.17) is 9.47 Å². The molecule has 1 amide bonds. The standard InChI is InChI=1S/C24H31N3O5S/c1-18-4-10-22(11-5-18)33(29,30)26-16-19(2)27(23(28)17-25-12-14-32-15-13-25)24(26)20-6-8-21(31-3)9-7-20/h4-11,19,24H,12-17H2,1-3H3/t19-,24+/m1/s1. The number of carbonyl (C=O) groups excluding carboxylic acids is 1. The summed E-state index contributed by atoms with van der Waals surface area (Å²) in [6.45, 7) is 6.84. The van der Waals surface area contributed by atoms with Gasteiger partial charge in [-0.25, -0.2) is 8.42 Å². The number of amides is 1. The van der Waals surface area contributed by atoms with Crippen LogP contribution in [0.1, 0.15) is 24.2 Å². The van der Waals surface area contributed by atoms with Gasteiger partial charge in [-0.3, -0.25) is 9.69 Å². The highest BCUT2D eigenvalue weighted by atomic mass is 32.2. The van der Waals surface area contributed by atoms with E-state index in [1.54, 1.807) is 48.4 Å². The van der Waals surface area contributed by atoms with E-state index in [2.05, 4.69) is 4.90 Å². The first kappa shape index (κ1) is 23.7. The van der Waals surface area contributed by atoms with Crippen LogP contribution >= 0.6 is 0 Å². The van der Waals surface area contributed by atoms with Crippen LogP contribution < -0.4 is 4.74 Å². The number of morpholine rings is 1. The fourth-order valence-electron chi connectivity index (χ4n) is 4.42. The monoisotopic (exact) mass is 473 g/mol. The van der Waals surface area contributed by atoms with Crippen LogP contribution in [-0.2, 0) is 19.6 Å². The molecule has 0 aromatic heterocycles. The maximum Gasteiger partial charge on any atom is 0.245 e. The number of sulfonamides is 1. The van der Waals surface area contributed by atoms with E-state index in [9.17, 15) is 13.2 Å². The van der Waals surface area contributed by atoms with Crippen LogP contribution in [0.5, 0.6) is 5.75 Å². The average Bonchev–Trinajstić information content (AvgIpc) is 3.18. The molecule has 9 heteroatoms. The topological polar surface area (TPSA) is 79.4 Å². The van der Waals surface area contributed by atoms with Gasteiger partial charge in [-0.2, -0.15) is 4.31 Å². The summed E-state index contributed by atoms with van der Waals surface area (Å²) in [5, 5.41) is 0. The van der Waals surface area contributed by atoms with Gasteiger partial charge < -0.3 is 14.4 Å². The van der Waals surface area contributed by atoms with Crippen LogP contribution in [0.2, 0.25) is 0 Å². The minimum Gasteiger partial charge on any atom is -0.497 e. The summed E-state index contributed by atoms with van der Waals surface area (Å²) < 4.78 is 39.5. The van der Waals surface area contributed by atoms with Gasteiger partial charge in [0.1, 0.15) is 11.9 Å².